The number of carbonyl (C=O) groups is 2. The van der Waals surface area contributed by atoms with Crippen molar-refractivity contribution in [1.29, 1.82) is 10.5 Å². The molecule has 90 heavy (non-hydrogen) atoms. The van der Waals surface area contributed by atoms with Gasteiger partial charge in [0, 0.05) is 87.6 Å². The molecule has 2 aliphatic rings. The van der Waals surface area contributed by atoms with Crippen molar-refractivity contribution < 1.29 is 65.1 Å². The topological polar surface area (TPSA) is 245 Å². The Hall–Kier alpha value is -10.5. The number of ether oxygens (including phenoxy) is 4. The molecule has 2 saturated heterocycles. The molecule has 6 aromatic carbocycles. The summed E-state index contributed by atoms with van der Waals surface area (Å²) in [6.07, 6.45) is -0.625. The third-order valence-corrected chi connectivity index (χ3v) is 15.6. The molecule has 4 aromatic heterocycles. The summed E-state index contributed by atoms with van der Waals surface area (Å²) in [4.78, 5) is 41.3. The molecule has 0 aliphatic carbocycles. The molecule has 4 N–H and O–H groups in total. The Kier molecular flexibility index (Phi) is 18.0. The number of pyridine rings is 2. The lowest BCUT2D eigenvalue weighted by molar-refractivity contribution is 0.0686. The molecule has 4 atom stereocenters. The van der Waals surface area contributed by atoms with Crippen molar-refractivity contribution in [2.45, 2.75) is 50.3 Å². The Labute approximate surface area is 509 Å². The minimum absolute atomic E-state index is 0.0508. The number of aromatic nitrogens is 6. The number of rotatable bonds is 18. The van der Waals surface area contributed by atoms with Gasteiger partial charge in [-0.05, 0) is 108 Å². The summed E-state index contributed by atoms with van der Waals surface area (Å²) in [6.45, 7) is 1.81. The van der Waals surface area contributed by atoms with Gasteiger partial charge in [-0.2, -0.15) is 10.5 Å². The van der Waals surface area contributed by atoms with Gasteiger partial charge in [-0.1, -0.05) is 24.3 Å². The van der Waals surface area contributed by atoms with Gasteiger partial charge in [-0.25, -0.2) is 55.9 Å². The first-order chi connectivity index (χ1) is 43.5. The van der Waals surface area contributed by atoms with Gasteiger partial charge in [0.05, 0.1) is 92.1 Å². The second-order valence-electron chi connectivity index (χ2n) is 21.1. The highest BCUT2D eigenvalue weighted by Gasteiger charge is 2.34. The van der Waals surface area contributed by atoms with Crippen molar-refractivity contribution >= 4 is 34.0 Å². The summed E-state index contributed by atoms with van der Waals surface area (Å²) < 4.78 is 117. The number of aromatic carboxylic acids is 2. The Morgan fingerprint density at radius 1 is 0.511 bits per heavy atom. The highest BCUT2D eigenvalue weighted by molar-refractivity contribution is 5.93. The fourth-order valence-corrected chi connectivity index (χ4v) is 11.1. The minimum atomic E-state index is -1.09. The Morgan fingerprint density at radius 2 is 0.922 bits per heavy atom. The van der Waals surface area contributed by atoms with E-state index in [1.54, 1.807) is 38.5 Å². The Bertz CT molecular complexity index is 4230. The number of fused-ring (bicyclic) bond motifs is 2. The van der Waals surface area contributed by atoms with Crippen LogP contribution in [-0.4, -0.2) is 104 Å². The zero-order chi connectivity index (χ0) is 63.3. The fraction of sp³-hybridized carbons (Fsp3) is 0.212. The van der Waals surface area contributed by atoms with Gasteiger partial charge in [0.1, 0.15) is 59.8 Å². The van der Waals surface area contributed by atoms with E-state index in [9.17, 15) is 28.6 Å². The van der Waals surface area contributed by atoms with Crippen molar-refractivity contribution in [3.63, 3.8) is 0 Å². The average Bonchev–Trinajstić information content (AvgIpc) is 1.62. The van der Waals surface area contributed by atoms with E-state index >= 15 is 17.6 Å². The lowest BCUT2D eigenvalue weighted by Crippen LogP contribution is -2.26. The lowest BCUT2D eigenvalue weighted by Gasteiger charge is -2.22. The third-order valence-electron chi connectivity index (χ3n) is 15.6. The number of nitriles is 2. The standard InChI is InChI=1S/2C33H26F3N5O4/c2*1-44-30-16-38-15-29(30)41-28-11-19(33(42)43)7-8-27(28)39-31(41)12-21-10-25(36)22(13-24(21)35)26-3-2-4-32(40-26)45-17-20-6-5-18(14-37)9-23(20)34/h2*2-11,13,29-30,38H,12,15-17H2,1H3,(H,42,43)/t2*29-,30-/m00/s1. The number of imidazole rings is 2. The Balaban J connectivity index is 0.000000185. The second-order valence-corrected chi connectivity index (χ2v) is 21.1. The lowest BCUT2D eigenvalue weighted by atomic mass is 10.0. The quantitative estimate of drug-likeness (QED) is 0.0584. The predicted molar refractivity (Wildman–Crippen MR) is 314 cm³/mol. The molecule has 0 saturated carbocycles. The van der Waals surface area contributed by atoms with Crippen LogP contribution in [0.1, 0.15) is 77.8 Å². The number of benzene rings is 6. The number of halogens is 6. The van der Waals surface area contributed by atoms with Gasteiger partial charge in [-0.3, -0.25) is 0 Å². The number of methoxy groups -OCH3 is 2. The monoisotopic (exact) mass is 1230 g/mol. The average molecular weight is 1230 g/mol. The molecular formula is C66H52F6N10O8. The molecule has 24 heteroatoms. The van der Waals surface area contributed by atoms with Crippen LogP contribution in [0.2, 0.25) is 0 Å². The molecule has 18 nitrogen and oxygen atoms in total. The van der Waals surface area contributed by atoms with E-state index in [1.807, 2.05) is 21.3 Å². The fourth-order valence-electron chi connectivity index (χ4n) is 11.1. The number of nitrogens with one attached hydrogen (secondary N) is 2. The van der Waals surface area contributed by atoms with Crippen molar-refractivity contribution in [2.75, 3.05) is 40.4 Å². The predicted octanol–water partition coefficient (Wildman–Crippen LogP) is 10.8. The molecule has 2 fully saturated rings. The zero-order valence-corrected chi connectivity index (χ0v) is 47.9. The number of nitrogens with zero attached hydrogens (tertiary/aromatic N) is 8. The minimum Gasteiger partial charge on any atom is -0.478 e. The second kappa shape index (κ2) is 26.5. The van der Waals surface area contributed by atoms with Crippen LogP contribution >= 0.6 is 0 Å². The molecular weight excluding hydrogens is 1170 g/mol. The van der Waals surface area contributed by atoms with Gasteiger partial charge in [0.2, 0.25) is 11.8 Å². The van der Waals surface area contributed by atoms with Gasteiger partial charge < -0.3 is 48.9 Å². The van der Waals surface area contributed by atoms with Gasteiger partial charge in [0.25, 0.3) is 0 Å². The largest absolute Gasteiger partial charge is 0.478 e. The Morgan fingerprint density at radius 3 is 1.30 bits per heavy atom. The van der Waals surface area contributed by atoms with E-state index < -0.39 is 46.8 Å². The van der Waals surface area contributed by atoms with Crippen molar-refractivity contribution in [2.24, 2.45) is 0 Å². The molecule has 0 radical (unpaired) electrons. The van der Waals surface area contributed by atoms with Gasteiger partial charge >= 0.3 is 11.9 Å². The van der Waals surface area contributed by atoms with E-state index in [1.165, 1.54) is 72.8 Å². The van der Waals surface area contributed by atoms with E-state index in [0.29, 0.717) is 59.9 Å². The molecule has 12 rings (SSSR count). The van der Waals surface area contributed by atoms with Crippen LogP contribution in [0.15, 0.2) is 133 Å². The first kappa shape index (κ1) is 61.2. The summed E-state index contributed by atoms with van der Waals surface area (Å²) in [7, 11) is 3.17. The van der Waals surface area contributed by atoms with Crippen LogP contribution in [0.25, 0.3) is 44.6 Å². The van der Waals surface area contributed by atoms with Crippen molar-refractivity contribution in [3.8, 4) is 46.4 Å². The summed E-state index contributed by atoms with van der Waals surface area (Å²) in [5.74, 6) is -5.19. The zero-order valence-electron chi connectivity index (χ0n) is 47.9. The van der Waals surface area contributed by atoms with E-state index in [4.69, 9.17) is 29.5 Å². The van der Waals surface area contributed by atoms with Crippen LogP contribution in [0, 0.1) is 57.6 Å². The third kappa shape index (κ3) is 12.9. The molecule has 10 aromatic rings. The first-order valence-electron chi connectivity index (χ1n) is 28.0. The first-order valence-corrected chi connectivity index (χ1v) is 28.0. The molecule has 0 unspecified atom stereocenters. The van der Waals surface area contributed by atoms with Crippen LogP contribution < -0.4 is 20.1 Å². The molecule has 0 bridgehead atoms. The number of carboxylic acid groups (broad SMARTS) is 2. The van der Waals surface area contributed by atoms with Crippen LogP contribution in [-0.2, 0) is 35.5 Å². The van der Waals surface area contributed by atoms with Crippen LogP contribution in [0.3, 0.4) is 0 Å². The maximum Gasteiger partial charge on any atom is 0.335 e. The number of carboxylic acids is 2. The van der Waals surface area contributed by atoms with E-state index in [-0.39, 0.29) is 129 Å². The van der Waals surface area contributed by atoms with Gasteiger partial charge in [0.15, 0.2) is 0 Å². The van der Waals surface area contributed by atoms with Crippen molar-refractivity contribution in [3.05, 3.63) is 225 Å². The van der Waals surface area contributed by atoms with E-state index in [0.717, 1.165) is 36.4 Å². The highest BCUT2D eigenvalue weighted by atomic mass is 19.1. The number of hydrogen-bond acceptors (Lipinski definition) is 14. The summed E-state index contributed by atoms with van der Waals surface area (Å²) in [6, 6.07) is 33.8. The van der Waals surface area contributed by atoms with Crippen LogP contribution in [0.4, 0.5) is 26.3 Å². The highest BCUT2D eigenvalue weighted by Crippen LogP contribution is 2.35. The van der Waals surface area contributed by atoms with Crippen LogP contribution in [0.5, 0.6) is 11.8 Å². The molecule has 0 amide bonds. The molecule has 6 heterocycles. The maximum atomic E-state index is 15.6. The molecule has 456 valence electrons. The normalized spacial score (nSPS) is 16.2. The molecule has 2 aliphatic heterocycles. The van der Waals surface area contributed by atoms with Crippen molar-refractivity contribution in [1.82, 2.24) is 39.7 Å². The van der Waals surface area contributed by atoms with Gasteiger partial charge in [-0.15, -0.1) is 0 Å². The summed E-state index contributed by atoms with van der Waals surface area (Å²) in [5, 5.41) is 43.5. The summed E-state index contributed by atoms with van der Waals surface area (Å²) in [5.41, 5.74) is 3.24. The smallest absolute Gasteiger partial charge is 0.335 e. The SMILES string of the molecule is CO[C@H]1CNC[C@@H]1n1c(Cc2cc(F)c(-c3cccc(OCc4ccc(C#N)cc4F)n3)cc2F)nc2ccc(C(=O)O)cc21.CO[C@H]1CNC[C@@H]1n1c(Cc2cc(F)c(-c3cccc(OCc4ccc(C#N)cc4F)n3)cc2F)nc2ccc(C(=O)O)cc21. The molecule has 0 spiro atoms. The summed E-state index contributed by atoms with van der Waals surface area (Å²) >= 11 is 0. The van der Waals surface area contributed by atoms with E-state index in [2.05, 4.69) is 30.6 Å². The number of hydrogen-bond donors (Lipinski definition) is 4. The maximum absolute atomic E-state index is 15.6.